The first kappa shape index (κ1) is 35.9. The summed E-state index contributed by atoms with van der Waals surface area (Å²) in [6.45, 7) is 0. The average Bonchev–Trinajstić information content (AvgIpc) is 3.33. The molecule has 1 aromatic heterocycles. The Morgan fingerprint density at radius 3 is 1.34 bits per heavy atom. The molecular weight excluding hydrogens is 741 g/mol. The number of anilines is 1. The topological polar surface area (TPSA) is 61.1 Å². The van der Waals surface area contributed by atoms with E-state index in [0.29, 0.717) is 11.4 Å². The van der Waals surface area contributed by atoms with Crippen LogP contribution >= 0.6 is 0 Å². The summed E-state index contributed by atoms with van der Waals surface area (Å²) >= 11 is 0. The molecule has 4 nitrogen and oxygen atoms in total. The first-order valence-electron chi connectivity index (χ1n) is 20.6. The van der Waals surface area contributed by atoms with Crippen LogP contribution in [0.15, 0.2) is 224 Å². The van der Waals surface area contributed by atoms with Crippen LogP contribution in [0.4, 0.5) is 5.69 Å². The maximum atomic E-state index is 9.06. The highest BCUT2D eigenvalue weighted by Gasteiger charge is 2.20. The number of nitrogens with zero attached hydrogens (tertiary/aromatic N) is 2. The van der Waals surface area contributed by atoms with Gasteiger partial charge >= 0.3 is 0 Å². The molecule has 0 atom stereocenters. The lowest BCUT2D eigenvalue weighted by molar-refractivity contribution is 1.33. The van der Waals surface area contributed by atoms with Crippen LogP contribution in [0.1, 0.15) is 5.56 Å². The van der Waals surface area contributed by atoms with Crippen molar-refractivity contribution in [3.05, 3.63) is 224 Å². The average molecular weight is 779 g/mol. The van der Waals surface area contributed by atoms with Crippen LogP contribution < -0.4 is 5.43 Å². The van der Waals surface area contributed by atoms with Crippen LogP contribution in [0.3, 0.4) is 0 Å². The summed E-state index contributed by atoms with van der Waals surface area (Å²) in [4.78, 5) is 4.44. The number of aromatic nitrogens is 1. The van der Waals surface area contributed by atoms with Crippen molar-refractivity contribution in [1.82, 2.24) is 4.98 Å². The quantitative estimate of drug-likeness (QED) is 0.0961. The molecule has 10 aromatic rings. The van der Waals surface area contributed by atoms with Gasteiger partial charge in [-0.1, -0.05) is 170 Å². The Kier molecular flexibility index (Phi) is 8.94. The maximum absolute atomic E-state index is 9.06. The third-order valence-electron chi connectivity index (χ3n) is 11.8. The predicted octanol–water partition coefficient (Wildman–Crippen LogP) is 14.8. The van der Waals surface area contributed by atoms with Crippen LogP contribution in [0.2, 0.25) is 0 Å². The molecule has 0 spiro atoms. The number of hydrogen-bond acceptors (Lipinski definition) is 4. The molecule has 0 aliphatic heterocycles. The zero-order chi connectivity index (χ0) is 40.7. The minimum Gasteiger partial charge on any atom is -0.299 e. The summed E-state index contributed by atoms with van der Waals surface area (Å²) < 4.78 is 0. The fourth-order valence-corrected chi connectivity index (χ4v) is 9.10. The van der Waals surface area contributed by atoms with Crippen LogP contribution in [-0.2, 0) is 0 Å². The molecule has 0 radical (unpaired) electrons. The van der Waals surface area contributed by atoms with Crippen LogP contribution in [0.5, 0.6) is 0 Å². The molecule has 0 amide bonds. The van der Waals surface area contributed by atoms with Gasteiger partial charge in [0, 0.05) is 18.0 Å². The molecule has 0 bridgehead atoms. The number of hydrogen-bond donors (Lipinski definition) is 2. The van der Waals surface area contributed by atoms with E-state index in [1.54, 1.807) is 0 Å². The molecule has 1 aliphatic carbocycles. The number of pyridine rings is 1. The lowest BCUT2D eigenvalue weighted by Gasteiger charge is -2.19. The van der Waals surface area contributed by atoms with Crippen molar-refractivity contribution in [2.75, 3.05) is 5.43 Å². The smallest absolute Gasteiger partial charge is 0.108 e. The molecule has 0 saturated heterocycles. The SMILES string of the molecule is N=C1C=C(c2ccc3c(-c4ccccc4)c4ccccc4c(-c4ccccc4)c3c2)C=C/C1=N/Nc1ccc(-c2c3ccccc3c(-c3cccnc3)c3ccccc23)cc1. The van der Waals surface area contributed by atoms with Crippen molar-refractivity contribution in [1.29, 1.82) is 5.41 Å². The van der Waals surface area contributed by atoms with Gasteiger partial charge in [0.25, 0.3) is 0 Å². The second-order valence-electron chi connectivity index (χ2n) is 15.4. The van der Waals surface area contributed by atoms with E-state index < -0.39 is 0 Å². The van der Waals surface area contributed by atoms with Crippen molar-refractivity contribution in [2.45, 2.75) is 0 Å². The largest absolute Gasteiger partial charge is 0.299 e. The second kappa shape index (κ2) is 15.2. The van der Waals surface area contributed by atoms with Crippen LogP contribution in [-0.4, -0.2) is 16.4 Å². The third kappa shape index (κ3) is 6.39. The first-order chi connectivity index (χ1) is 30.2. The number of rotatable bonds is 7. The molecule has 4 heteroatoms. The van der Waals surface area contributed by atoms with Crippen molar-refractivity contribution < 1.29 is 0 Å². The Labute approximate surface area is 354 Å². The molecule has 286 valence electrons. The summed E-state index contributed by atoms with van der Waals surface area (Å²) in [5, 5.41) is 23.3. The highest BCUT2D eigenvalue weighted by molar-refractivity contribution is 6.51. The van der Waals surface area contributed by atoms with E-state index in [9.17, 15) is 0 Å². The van der Waals surface area contributed by atoms with E-state index in [-0.39, 0.29) is 0 Å². The van der Waals surface area contributed by atoms with Gasteiger partial charge in [-0.3, -0.25) is 15.8 Å². The highest BCUT2D eigenvalue weighted by Crippen LogP contribution is 2.46. The number of hydrazone groups is 1. The van der Waals surface area contributed by atoms with Gasteiger partial charge in [0.05, 0.1) is 11.4 Å². The Morgan fingerprint density at radius 1 is 0.393 bits per heavy atom. The standard InChI is InChI=1S/C57H38N4/c58-52-35-41(40-27-31-50-51(34-40)56(38-16-5-2-6-17-38)47-22-10-7-19-44(47)54(50)37-14-3-1-4-15-37)28-32-53(52)61-60-43-29-25-39(26-30-43)55-45-20-8-11-23-48(45)57(42-18-13-33-59-36-42)49-24-12-9-21-46(49)55/h1-36,58,60H/b58-52?,61-53-. The van der Waals surface area contributed by atoms with Gasteiger partial charge < -0.3 is 0 Å². The van der Waals surface area contributed by atoms with Gasteiger partial charge in [0.2, 0.25) is 0 Å². The molecule has 0 saturated carbocycles. The fourth-order valence-electron chi connectivity index (χ4n) is 9.10. The summed E-state index contributed by atoms with van der Waals surface area (Å²) in [6.07, 6.45) is 9.67. The van der Waals surface area contributed by atoms with Crippen LogP contribution in [0.25, 0.3) is 93.2 Å². The predicted molar refractivity (Wildman–Crippen MR) is 258 cm³/mol. The van der Waals surface area contributed by atoms with Gasteiger partial charge in [-0.15, -0.1) is 0 Å². The van der Waals surface area contributed by atoms with Crippen molar-refractivity contribution in [3.63, 3.8) is 0 Å². The lowest BCUT2D eigenvalue weighted by atomic mass is 9.84. The summed E-state index contributed by atoms with van der Waals surface area (Å²) in [7, 11) is 0. The normalized spacial score (nSPS) is 13.3. The van der Waals surface area contributed by atoms with Crippen molar-refractivity contribution >= 4 is 65.8 Å². The van der Waals surface area contributed by atoms with E-state index >= 15 is 0 Å². The molecule has 1 heterocycles. The molecule has 1 aliphatic rings. The summed E-state index contributed by atoms with van der Waals surface area (Å²) in [5.74, 6) is 0. The van der Waals surface area contributed by atoms with E-state index in [1.807, 2.05) is 30.6 Å². The maximum Gasteiger partial charge on any atom is 0.108 e. The molecule has 61 heavy (non-hydrogen) atoms. The minimum absolute atomic E-state index is 0.347. The Bertz CT molecular complexity index is 3360. The number of benzene rings is 9. The Hall–Kier alpha value is -8.21. The van der Waals surface area contributed by atoms with Gasteiger partial charge in [0.15, 0.2) is 0 Å². The second-order valence-corrected chi connectivity index (χ2v) is 15.4. The van der Waals surface area contributed by atoms with Gasteiger partial charge in [-0.25, -0.2) is 0 Å². The minimum atomic E-state index is 0.347. The third-order valence-corrected chi connectivity index (χ3v) is 11.8. The van der Waals surface area contributed by atoms with E-state index in [1.165, 1.54) is 76.5 Å². The molecule has 0 fully saturated rings. The molecule has 2 N–H and O–H groups in total. The molecule has 9 aromatic carbocycles. The van der Waals surface area contributed by atoms with Gasteiger partial charge in [-0.05, 0) is 130 Å². The summed E-state index contributed by atoms with van der Waals surface area (Å²) in [6, 6.07) is 66.6. The van der Waals surface area contributed by atoms with Crippen molar-refractivity contribution in [2.24, 2.45) is 5.10 Å². The van der Waals surface area contributed by atoms with Crippen molar-refractivity contribution in [3.8, 4) is 44.5 Å². The zero-order valence-electron chi connectivity index (χ0n) is 33.2. The number of fused-ring (bicyclic) bond motifs is 4. The monoisotopic (exact) mass is 778 g/mol. The van der Waals surface area contributed by atoms with E-state index in [4.69, 9.17) is 10.5 Å². The molecular formula is C57H38N4. The van der Waals surface area contributed by atoms with Gasteiger partial charge in [0.1, 0.15) is 5.71 Å². The fraction of sp³-hybridized carbons (Fsp3) is 0. The summed E-state index contributed by atoms with van der Waals surface area (Å²) in [5.41, 5.74) is 16.4. The number of allylic oxidation sites excluding steroid dienone is 4. The number of nitrogens with one attached hydrogen (secondary N) is 2. The van der Waals surface area contributed by atoms with Crippen LogP contribution in [0, 0.1) is 5.41 Å². The first-order valence-corrected chi connectivity index (χ1v) is 20.6. The highest BCUT2D eigenvalue weighted by atomic mass is 15.3. The Morgan fingerprint density at radius 2 is 0.836 bits per heavy atom. The van der Waals surface area contributed by atoms with E-state index in [0.717, 1.165) is 28.0 Å². The Balaban J connectivity index is 0.916. The zero-order valence-corrected chi connectivity index (χ0v) is 33.2. The van der Waals surface area contributed by atoms with E-state index in [2.05, 4.69) is 198 Å². The van der Waals surface area contributed by atoms with Gasteiger partial charge in [-0.2, -0.15) is 5.10 Å². The molecule has 11 rings (SSSR count). The molecule has 0 unspecified atom stereocenters. The lowest BCUT2D eigenvalue weighted by Crippen LogP contribution is -2.13.